The molecule has 0 aliphatic carbocycles. The number of benzene rings is 1. The number of carbonyl (C=O) groups is 2. The molecule has 0 fully saturated rings. The number of hydrogen-bond acceptors (Lipinski definition) is 6. The van der Waals surface area contributed by atoms with Crippen molar-refractivity contribution in [3.05, 3.63) is 28.7 Å². The van der Waals surface area contributed by atoms with Crippen LogP contribution in [0.1, 0.15) is 25.3 Å². The fraction of sp³-hybridized carbons (Fsp3) is 0.294. The Kier molecular flexibility index (Phi) is 6.60. The zero-order valence-corrected chi connectivity index (χ0v) is 14.7. The van der Waals surface area contributed by atoms with E-state index in [1.54, 1.807) is 24.3 Å². The van der Waals surface area contributed by atoms with Gasteiger partial charge in [-0.3, -0.25) is 9.59 Å². The van der Waals surface area contributed by atoms with Crippen molar-refractivity contribution in [3.63, 3.8) is 0 Å². The van der Waals surface area contributed by atoms with E-state index in [9.17, 15) is 9.59 Å². The number of hydrogen-bond donors (Lipinski definition) is 1. The molecule has 0 aromatic heterocycles. The van der Waals surface area contributed by atoms with E-state index in [-0.39, 0.29) is 11.1 Å². The zero-order valence-electron chi connectivity index (χ0n) is 13.9. The smallest absolute Gasteiger partial charge is 0.286 e. The maximum atomic E-state index is 11.9. The van der Waals surface area contributed by atoms with Gasteiger partial charge in [0.1, 0.15) is 0 Å². The monoisotopic (exact) mass is 359 g/mol. The lowest BCUT2D eigenvalue weighted by Gasteiger charge is -2.11. The summed E-state index contributed by atoms with van der Waals surface area (Å²) in [6.07, 6.45) is 2.75. The molecule has 1 aliphatic rings. The number of amidine groups is 1. The van der Waals surface area contributed by atoms with E-state index >= 15 is 0 Å². The topological polar surface area (TPSA) is 101 Å². The first-order valence-corrected chi connectivity index (χ1v) is 8.33. The van der Waals surface area contributed by atoms with Gasteiger partial charge in [-0.1, -0.05) is 6.07 Å². The first-order chi connectivity index (χ1) is 12.0. The summed E-state index contributed by atoms with van der Waals surface area (Å²) in [5.74, 6) is 0.428. The summed E-state index contributed by atoms with van der Waals surface area (Å²) in [5, 5.41) is 11.3. The average molecular weight is 359 g/mol. The number of rotatable bonds is 6. The molecule has 0 unspecified atom stereocenters. The van der Waals surface area contributed by atoms with Crippen molar-refractivity contribution >= 4 is 34.8 Å². The quantitative estimate of drug-likeness (QED) is 0.618. The molecule has 0 radical (unpaired) electrons. The predicted molar refractivity (Wildman–Crippen MR) is 95.2 cm³/mol. The number of unbranched alkanes of at least 4 members (excludes halogenated alkanes) is 1. The van der Waals surface area contributed by atoms with E-state index in [1.807, 2.05) is 0 Å². The van der Waals surface area contributed by atoms with Crippen molar-refractivity contribution < 1.29 is 19.1 Å². The predicted octanol–water partition coefficient (Wildman–Crippen LogP) is 2.48. The molecule has 2 rings (SSSR count). The summed E-state index contributed by atoms with van der Waals surface area (Å²) < 4.78 is 10.9. The highest BCUT2D eigenvalue weighted by molar-refractivity contribution is 8.18. The van der Waals surface area contributed by atoms with Crippen LogP contribution in [0.5, 0.6) is 11.5 Å². The Morgan fingerprint density at radius 1 is 1.44 bits per heavy atom. The minimum Gasteiger partial charge on any atom is -0.493 e. The van der Waals surface area contributed by atoms with Crippen molar-refractivity contribution in [2.45, 2.75) is 19.8 Å². The minimum atomic E-state index is -0.399. The van der Waals surface area contributed by atoms with Gasteiger partial charge in [0.25, 0.3) is 5.91 Å². The third-order valence-electron chi connectivity index (χ3n) is 3.08. The molecule has 0 saturated carbocycles. The molecule has 1 aromatic carbocycles. The summed E-state index contributed by atoms with van der Waals surface area (Å²) in [4.78, 5) is 27.1. The number of carbonyl (C=O) groups excluding carboxylic acids is 2. The average Bonchev–Trinajstić information content (AvgIpc) is 2.90. The fourth-order valence-corrected chi connectivity index (χ4v) is 2.85. The molecular formula is C17H17N3O4S. The van der Waals surface area contributed by atoms with Crippen LogP contribution in [-0.4, -0.2) is 30.7 Å². The Labute approximate surface area is 149 Å². The molecule has 8 heteroatoms. The van der Waals surface area contributed by atoms with Gasteiger partial charge in [-0.25, -0.2) is 0 Å². The van der Waals surface area contributed by atoms with Crippen LogP contribution in [0.15, 0.2) is 28.1 Å². The summed E-state index contributed by atoms with van der Waals surface area (Å²) >= 11 is 1.11. The highest BCUT2D eigenvalue weighted by atomic mass is 32.2. The third-order valence-corrected chi connectivity index (χ3v) is 3.98. The Morgan fingerprint density at radius 2 is 2.24 bits per heavy atom. The molecule has 1 N–H and O–H groups in total. The summed E-state index contributed by atoms with van der Waals surface area (Å²) in [6, 6.07) is 7.35. The summed E-state index contributed by atoms with van der Waals surface area (Å²) in [6.45, 7) is 1.78. The Morgan fingerprint density at radius 3 is 2.92 bits per heavy atom. The second kappa shape index (κ2) is 8.89. The Balaban J connectivity index is 2.09. The molecule has 2 amide bonds. The van der Waals surface area contributed by atoms with Crippen LogP contribution in [0.25, 0.3) is 6.08 Å². The van der Waals surface area contributed by atoms with E-state index in [0.29, 0.717) is 35.9 Å². The number of nitriles is 1. The summed E-state index contributed by atoms with van der Waals surface area (Å²) in [5.41, 5.74) is 0.747. The third kappa shape index (κ3) is 5.36. The minimum absolute atomic E-state index is 0.271. The summed E-state index contributed by atoms with van der Waals surface area (Å²) in [7, 11) is 1.53. The van der Waals surface area contributed by atoms with E-state index in [4.69, 9.17) is 14.7 Å². The van der Waals surface area contributed by atoms with Crippen LogP contribution in [0.3, 0.4) is 0 Å². The molecule has 7 nitrogen and oxygen atoms in total. The van der Waals surface area contributed by atoms with E-state index < -0.39 is 5.91 Å². The number of ether oxygens (including phenoxy) is 2. The Bertz CT molecular complexity index is 781. The van der Waals surface area contributed by atoms with Gasteiger partial charge in [0.05, 0.1) is 24.7 Å². The van der Waals surface area contributed by atoms with Crippen LogP contribution in [0.2, 0.25) is 0 Å². The largest absolute Gasteiger partial charge is 0.493 e. The van der Waals surface area contributed by atoms with Gasteiger partial charge in [-0.15, -0.1) is 0 Å². The highest BCUT2D eigenvalue weighted by Gasteiger charge is 2.22. The van der Waals surface area contributed by atoms with Crippen molar-refractivity contribution in [2.24, 2.45) is 4.99 Å². The van der Waals surface area contributed by atoms with Crippen LogP contribution in [0.4, 0.5) is 0 Å². The molecule has 1 aliphatic heterocycles. The highest BCUT2D eigenvalue weighted by Crippen LogP contribution is 2.32. The van der Waals surface area contributed by atoms with Crippen LogP contribution < -0.4 is 14.8 Å². The first kappa shape index (κ1) is 18.5. The van der Waals surface area contributed by atoms with Gasteiger partial charge >= 0.3 is 0 Å². The van der Waals surface area contributed by atoms with Crippen molar-refractivity contribution in [1.82, 2.24) is 5.32 Å². The van der Waals surface area contributed by atoms with Crippen LogP contribution >= 0.6 is 11.8 Å². The molecule has 25 heavy (non-hydrogen) atoms. The van der Waals surface area contributed by atoms with Crippen LogP contribution in [0, 0.1) is 11.3 Å². The van der Waals surface area contributed by atoms with Crippen molar-refractivity contribution in [1.29, 1.82) is 5.26 Å². The van der Waals surface area contributed by atoms with Gasteiger partial charge in [-0.2, -0.15) is 10.3 Å². The maximum Gasteiger partial charge on any atom is 0.286 e. The fourth-order valence-electron chi connectivity index (χ4n) is 1.99. The van der Waals surface area contributed by atoms with E-state index in [2.05, 4.69) is 16.4 Å². The van der Waals surface area contributed by atoms with Gasteiger partial charge < -0.3 is 14.8 Å². The number of amides is 2. The van der Waals surface area contributed by atoms with E-state index in [0.717, 1.165) is 17.3 Å². The lowest BCUT2D eigenvalue weighted by molar-refractivity contribution is -0.117. The van der Waals surface area contributed by atoms with Crippen molar-refractivity contribution in [2.75, 3.05) is 13.7 Å². The van der Waals surface area contributed by atoms with Gasteiger partial charge in [-0.05, 0) is 42.0 Å². The lowest BCUT2D eigenvalue weighted by atomic mass is 10.2. The molecule has 1 heterocycles. The molecule has 1 aromatic rings. The number of nitrogens with one attached hydrogen (secondary N) is 1. The molecule has 0 spiro atoms. The standard InChI is InChI=1S/C17H17N3O4S/c1-11(21)19-17-20-16(22)15(25-17)10-12-5-6-13(14(9-12)23-2)24-8-4-3-7-18/h5-6,9-10H,3-4,8H2,1-2H3,(H,19,20,21,22)/b15-10+. The van der Waals surface area contributed by atoms with Gasteiger partial charge in [0.15, 0.2) is 16.7 Å². The second-order valence-electron chi connectivity index (χ2n) is 5.03. The molecular weight excluding hydrogens is 342 g/mol. The SMILES string of the molecule is COc1cc(/C=C2/SC(NC(C)=O)=NC2=O)ccc1OCCCC#N. The lowest BCUT2D eigenvalue weighted by Crippen LogP contribution is -2.23. The number of thioether (sulfide) groups is 1. The van der Waals surface area contributed by atoms with Crippen LogP contribution in [-0.2, 0) is 9.59 Å². The van der Waals surface area contributed by atoms with Crippen molar-refractivity contribution in [3.8, 4) is 17.6 Å². The molecule has 130 valence electrons. The van der Waals surface area contributed by atoms with Gasteiger partial charge in [0, 0.05) is 13.3 Å². The zero-order chi connectivity index (χ0) is 18.2. The van der Waals surface area contributed by atoms with Gasteiger partial charge in [0.2, 0.25) is 5.91 Å². The maximum absolute atomic E-state index is 11.9. The number of nitrogens with zero attached hydrogens (tertiary/aromatic N) is 2. The Hall–Kier alpha value is -2.79. The second-order valence-corrected chi connectivity index (χ2v) is 6.07. The molecule has 0 atom stereocenters. The van der Waals surface area contributed by atoms with E-state index in [1.165, 1.54) is 14.0 Å². The number of methoxy groups -OCH3 is 1. The first-order valence-electron chi connectivity index (χ1n) is 7.51. The molecule has 0 saturated heterocycles. The number of aliphatic imine (C=N–C) groups is 1. The normalized spacial score (nSPS) is 14.8. The molecule has 0 bridgehead atoms.